The van der Waals surface area contributed by atoms with E-state index in [9.17, 15) is 4.79 Å². The van der Waals surface area contributed by atoms with Crippen LogP contribution in [0.5, 0.6) is 0 Å². The third-order valence-corrected chi connectivity index (χ3v) is 10.2. The molecule has 2 N–H and O–H groups in total. The molecule has 5 heteroatoms. The summed E-state index contributed by atoms with van der Waals surface area (Å²) in [5.74, 6) is 0. The van der Waals surface area contributed by atoms with Gasteiger partial charge in [-0.1, -0.05) is 41.5 Å². The number of hydrogen-bond donors (Lipinski definition) is 2. The van der Waals surface area contributed by atoms with Crippen molar-refractivity contribution in [1.82, 2.24) is 10.6 Å². The highest BCUT2D eigenvalue weighted by Gasteiger charge is 2.46. The molecule has 1 rings (SSSR count). The van der Waals surface area contributed by atoms with Crippen molar-refractivity contribution in [2.24, 2.45) is 0 Å². The van der Waals surface area contributed by atoms with Gasteiger partial charge >= 0.3 is 6.03 Å². The maximum Gasteiger partial charge on any atom is 0.314 e. The minimum atomic E-state index is -1.83. The van der Waals surface area contributed by atoms with Crippen LogP contribution in [0.15, 0.2) is 0 Å². The van der Waals surface area contributed by atoms with Crippen LogP contribution in [-0.4, -0.2) is 33.5 Å². The van der Waals surface area contributed by atoms with Gasteiger partial charge in [-0.15, -0.1) is 0 Å². The molecule has 1 saturated heterocycles. The molecule has 0 spiro atoms. The lowest BCUT2D eigenvalue weighted by Gasteiger charge is -2.45. The molecule has 0 atom stereocenters. The van der Waals surface area contributed by atoms with Gasteiger partial charge in [-0.2, -0.15) is 0 Å². The van der Waals surface area contributed by atoms with E-state index in [2.05, 4.69) is 52.2 Å². The first-order chi connectivity index (χ1) is 8.30. The van der Waals surface area contributed by atoms with E-state index in [0.29, 0.717) is 29.7 Å². The molecule has 0 unspecified atom stereocenters. The SMILES string of the molecule is CC(C)[Si](OC1CNC(=O)NC1)(C(C)C)C(C)C. The van der Waals surface area contributed by atoms with Gasteiger partial charge < -0.3 is 15.1 Å². The molecule has 0 saturated carbocycles. The summed E-state index contributed by atoms with van der Waals surface area (Å²) in [5, 5.41) is 5.64. The average Bonchev–Trinajstić information content (AvgIpc) is 2.26. The molecular formula is C13H28N2O2Si. The first kappa shape index (κ1) is 15.5. The number of urea groups is 1. The molecule has 18 heavy (non-hydrogen) atoms. The average molecular weight is 272 g/mol. The minimum Gasteiger partial charge on any atom is -0.410 e. The first-order valence-corrected chi connectivity index (χ1v) is 9.14. The molecule has 106 valence electrons. The van der Waals surface area contributed by atoms with Gasteiger partial charge in [0.15, 0.2) is 0 Å². The van der Waals surface area contributed by atoms with Crippen molar-refractivity contribution in [2.75, 3.05) is 13.1 Å². The zero-order valence-electron chi connectivity index (χ0n) is 12.5. The van der Waals surface area contributed by atoms with Crippen molar-refractivity contribution >= 4 is 14.3 Å². The second-order valence-corrected chi connectivity index (χ2v) is 11.6. The predicted octanol–water partition coefficient (Wildman–Crippen LogP) is 2.86. The highest BCUT2D eigenvalue weighted by molar-refractivity contribution is 6.77. The molecule has 1 heterocycles. The van der Waals surface area contributed by atoms with E-state index in [0.717, 1.165) is 0 Å². The largest absolute Gasteiger partial charge is 0.410 e. The number of hydrogen-bond acceptors (Lipinski definition) is 2. The van der Waals surface area contributed by atoms with Crippen LogP contribution in [0, 0.1) is 0 Å². The molecule has 0 aliphatic carbocycles. The van der Waals surface area contributed by atoms with E-state index < -0.39 is 8.32 Å². The fraction of sp³-hybridized carbons (Fsp3) is 0.923. The maximum atomic E-state index is 11.1. The fourth-order valence-electron chi connectivity index (χ4n) is 3.33. The summed E-state index contributed by atoms with van der Waals surface area (Å²) in [4.78, 5) is 11.1. The quantitative estimate of drug-likeness (QED) is 0.756. The van der Waals surface area contributed by atoms with E-state index in [1.54, 1.807) is 0 Å². The smallest absolute Gasteiger partial charge is 0.314 e. The summed E-state index contributed by atoms with van der Waals surface area (Å²) in [6.45, 7) is 14.9. The van der Waals surface area contributed by atoms with E-state index in [1.165, 1.54) is 0 Å². The van der Waals surface area contributed by atoms with Gasteiger partial charge in [0.2, 0.25) is 8.32 Å². The first-order valence-electron chi connectivity index (χ1n) is 7.00. The number of carbonyl (C=O) groups excluding carboxylic acids is 1. The molecule has 1 fully saturated rings. The van der Waals surface area contributed by atoms with Gasteiger partial charge in [-0.3, -0.25) is 0 Å². The summed E-state index contributed by atoms with van der Waals surface area (Å²) in [6, 6.07) is -0.0826. The second kappa shape index (κ2) is 6.06. The lowest BCUT2D eigenvalue weighted by molar-refractivity contribution is 0.152. The van der Waals surface area contributed by atoms with Crippen molar-refractivity contribution in [3.05, 3.63) is 0 Å². The van der Waals surface area contributed by atoms with E-state index in [-0.39, 0.29) is 12.1 Å². The van der Waals surface area contributed by atoms with E-state index in [1.807, 2.05) is 0 Å². The van der Waals surface area contributed by atoms with Crippen molar-refractivity contribution in [1.29, 1.82) is 0 Å². The zero-order valence-corrected chi connectivity index (χ0v) is 13.5. The van der Waals surface area contributed by atoms with Gasteiger partial charge in [0.25, 0.3) is 0 Å². The van der Waals surface area contributed by atoms with Gasteiger partial charge in [0, 0.05) is 13.1 Å². The molecule has 0 bridgehead atoms. The highest BCUT2D eigenvalue weighted by Crippen LogP contribution is 2.42. The van der Waals surface area contributed by atoms with Crippen LogP contribution in [0.2, 0.25) is 16.6 Å². The third kappa shape index (κ3) is 3.06. The Morgan fingerprint density at radius 3 is 1.72 bits per heavy atom. The Labute approximate surface area is 112 Å². The number of rotatable bonds is 5. The Kier molecular flexibility index (Phi) is 5.22. The molecule has 0 aromatic carbocycles. The number of amides is 2. The highest BCUT2D eigenvalue weighted by atomic mass is 28.4. The van der Waals surface area contributed by atoms with Crippen LogP contribution < -0.4 is 10.6 Å². The van der Waals surface area contributed by atoms with Crippen LogP contribution in [0.25, 0.3) is 0 Å². The fourth-order valence-corrected chi connectivity index (χ4v) is 8.89. The molecule has 0 aromatic rings. The van der Waals surface area contributed by atoms with Crippen LogP contribution in [0.4, 0.5) is 4.79 Å². The zero-order chi connectivity index (χ0) is 13.9. The Bertz CT molecular complexity index is 261. The summed E-state index contributed by atoms with van der Waals surface area (Å²) < 4.78 is 6.57. The monoisotopic (exact) mass is 272 g/mol. The molecule has 0 radical (unpaired) electrons. The van der Waals surface area contributed by atoms with Gasteiger partial charge in [-0.05, 0) is 16.6 Å². The normalized spacial score (nSPS) is 18.4. The summed E-state index contributed by atoms with van der Waals surface area (Å²) in [6.07, 6.45) is 0.113. The standard InChI is InChI=1S/C13H28N2O2Si/c1-9(2)18(10(3)4,11(5)6)17-12-7-14-13(16)15-8-12/h9-12H,7-8H2,1-6H3,(H2,14,15,16). The van der Waals surface area contributed by atoms with Crippen molar-refractivity contribution in [3.63, 3.8) is 0 Å². The lowest BCUT2D eigenvalue weighted by atomic mass is 10.3. The van der Waals surface area contributed by atoms with Gasteiger partial charge in [0.05, 0.1) is 6.10 Å². The summed E-state index contributed by atoms with van der Waals surface area (Å²) in [5.41, 5.74) is 1.74. The van der Waals surface area contributed by atoms with Gasteiger partial charge in [0.1, 0.15) is 0 Å². The summed E-state index contributed by atoms with van der Waals surface area (Å²) >= 11 is 0. The Morgan fingerprint density at radius 1 is 1.00 bits per heavy atom. The van der Waals surface area contributed by atoms with E-state index >= 15 is 0 Å². The van der Waals surface area contributed by atoms with E-state index in [4.69, 9.17) is 4.43 Å². The second-order valence-electron chi connectivity index (χ2n) is 6.15. The minimum absolute atomic E-state index is 0.0826. The topological polar surface area (TPSA) is 50.4 Å². The van der Waals surface area contributed by atoms with Crippen LogP contribution in [0.3, 0.4) is 0 Å². The lowest BCUT2D eigenvalue weighted by Crippen LogP contribution is -2.58. The molecule has 0 aromatic heterocycles. The van der Waals surface area contributed by atoms with Crippen LogP contribution in [-0.2, 0) is 4.43 Å². The summed E-state index contributed by atoms with van der Waals surface area (Å²) in [7, 11) is -1.83. The number of carbonyl (C=O) groups is 1. The predicted molar refractivity (Wildman–Crippen MR) is 77.3 cm³/mol. The van der Waals surface area contributed by atoms with Crippen LogP contribution in [0.1, 0.15) is 41.5 Å². The van der Waals surface area contributed by atoms with Crippen molar-refractivity contribution < 1.29 is 9.22 Å². The molecular weight excluding hydrogens is 244 g/mol. The molecule has 1 aliphatic heterocycles. The van der Waals surface area contributed by atoms with Crippen molar-refractivity contribution in [2.45, 2.75) is 64.3 Å². The Balaban J connectivity index is 2.81. The maximum absolute atomic E-state index is 11.1. The Morgan fingerprint density at radius 2 is 1.39 bits per heavy atom. The van der Waals surface area contributed by atoms with Crippen molar-refractivity contribution in [3.8, 4) is 0 Å². The number of nitrogens with one attached hydrogen (secondary N) is 2. The molecule has 4 nitrogen and oxygen atoms in total. The molecule has 2 amide bonds. The Hall–Kier alpha value is -0.553. The molecule has 1 aliphatic rings. The van der Waals surface area contributed by atoms with Gasteiger partial charge in [-0.25, -0.2) is 4.79 Å². The third-order valence-electron chi connectivity index (χ3n) is 4.06. The van der Waals surface area contributed by atoms with Crippen LogP contribution >= 0.6 is 0 Å².